The summed E-state index contributed by atoms with van der Waals surface area (Å²) in [5.74, 6) is -0.560. The molecule has 10 heteroatoms. The van der Waals surface area contributed by atoms with Gasteiger partial charge in [0.1, 0.15) is 10.8 Å². The van der Waals surface area contributed by atoms with Gasteiger partial charge in [-0.3, -0.25) is 9.59 Å². The molecule has 0 amide bonds. The average molecular weight is 719 g/mol. The maximum absolute atomic E-state index is 11.8. The van der Waals surface area contributed by atoms with E-state index in [4.69, 9.17) is 18.9 Å². The average Bonchev–Trinajstić information content (AvgIpc) is 3.02. The van der Waals surface area contributed by atoms with E-state index in [0.29, 0.717) is 0 Å². The Balaban J connectivity index is 1.30. The summed E-state index contributed by atoms with van der Waals surface area (Å²) < 4.78 is 23.3. The van der Waals surface area contributed by atoms with Crippen molar-refractivity contribution in [3.05, 3.63) is 0 Å². The second-order valence-electron chi connectivity index (χ2n) is 15.6. The molecular formula is C38H70O8S2. The quantitative estimate of drug-likeness (QED) is 0.0629. The zero-order valence-electron chi connectivity index (χ0n) is 31.3. The van der Waals surface area contributed by atoms with Gasteiger partial charge < -0.3 is 29.2 Å². The van der Waals surface area contributed by atoms with E-state index in [-0.39, 0.29) is 25.4 Å². The third-order valence-electron chi connectivity index (χ3n) is 10.2. The van der Waals surface area contributed by atoms with Gasteiger partial charge in [-0.15, -0.1) is 0 Å². The molecule has 0 radical (unpaired) electrons. The van der Waals surface area contributed by atoms with Crippen LogP contribution < -0.4 is 0 Å². The summed E-state index contributed by atoms with van der Waals surface area (Å²) in [4.78, 5) is 23.6. The molecule has 2 heterocycles. The lowest BCUT2D eigenvalue weighted by molar-refractivity contribution is -0.313. The van der Waals surface area contributed by atoms with E-state index in [1.54, 1.807) is 13.8 Å². The SMILES string of the molecule is CC1(C)OCC(C)(C(=O)O)C(CCCCCCCCCCCSSCCCCCCCCCCCC2OC(C)(C)OCC2(C)C(=O)O)O1. The molecule has 4 atom stereocenters. The van der Waals surface area contributed by atoms with E-state index in [2.05, 4.69) is 0 Å². The number of carboxylic acid groups (broad SMARTS) is 2. The molecule has 4 unspecified atom stereocenters. The first kappa shape index (κ1) is 43.6. The van der Waals surface area contributed by atoms with Gasteiger partial charge in [0.25, 0.3) is 0 Å². The summed E-state index contributed by atoms with van der Waals surface area (Å²) in [5, 5.41) is 19.4. The molecule has 0 aliphatic carbocycles. The maximum atomic E-state index is 11.8. The number of carbonyl (C=O) groups is 2. The Morgan fingerprint density at radius 1 is 0.500 bits per heavy atom. The van der Waals surface area contributed by atoms with Crippen LogP contribution in [0.1, 0.15) is 170 Å². The summed E-state index contributed by atoms with van der Waals surface area (Å²) in [5.41, 5.74) is -1.93. The predicted molar refractivity (Wildman–Crippen MR) is 199 cm³/mol. The second kappa shape index (κ2) is 22.4. The number of carboxylic acids is 2. The minimum Gasteiger partial charge on any atom is -0.481 e. The van der Waals surface area contributed by atoms with Gasteiger partial charge in [0.05, 0.1) is 25.4 Å². The fourth-order valence-corrected chi connectivity index (χ4v) is 8.87. The highest BCUT2D eigenvalue weighted by Gasteiger charge is 2.50. The van der Waals surface area contributed by atoms with Gasteiger partial charge in [-0.05, 0) is 67.2 Å². The zero-order valence-corrected chi connectivity index (χ0v) is 32.9. The largest absolute Gasteiger partial charge is 0.481 e. The van der Waals surface area contributed by atoms with Gasteiger partial charge in [-0.25, -0.2) is 0 Å². The molecule has 48 heavy (non-hydrogen) atoms. The first-order valence-electron chi connectivity index (χ1n) is 19.1. The van der Waals surface area contributed by atoms with E-state index in [1.165, 1.54) is 101 Å². The zero-order chi connectivity index (χ0) is 35.5. The van der Waals surface area contributed by atoms with Crippen molar-refractivity contribution in [1.29, 1.82) is 0 Å². The predicted octanol–water partition coefficient (Wildman–Crippen LogP) is 10.7. The van der Waals surface area contributed by atoms with Crippen LogP contribution in [-0.4, -0.2) is 70.7 Å². The van der Waals surface area contributed by atoms with Crippen LogP contribution in [0.5, 0.6) is 0 Å². The summed E-state index contributed by atoms with van der Waals surface area (Å²) >= 11 is 0. The van der Waals surface area contributed by atoms with Crippen molar-refractivity contribution in [2.75, 3.05) is 24.7 Å². The topological polar surface area (TPSA) is 112 Å². The number of ether oxygens (including phenoxy) is 4. The molecule has 282 valence electrons. The molecular weight excluding hydrogens is 649 g/mol. The van der Waals surface area contributed by atoms with Crippen LogP contribution in [0.15, 0.2) is 0 Å². The van der Waals surface area contributed by atoms with Crippen molar-refractivity contribution < 1.29 is 38.7 Å². The molecule has 0 spiro atoms. The van der Waals surface area contributed by atoms with Gasteiger partial charge in [0, 0.05) is 11.5 Å². The van der Waals surface area contributed by atoms with E-state index in [1.807, 2.05) is 49.3 Å². The minimum absolute atomic E-state index is 0.204. The van der Waals surface area contributed by atoms with Gasteiger partial charge >= 0.3 is 11.9 Å². The number of hydrogen-bond acceptors (Lipinski definition) is 8. The molecule has 0 aromatic heterocycles. The van der Waals surface area contributed by atoms with E-state index in [0.717, 1.165) is 38.5 Å². The van der Waals surface area contributed by atoms with Gasteiger partial charge in [0.2, 0.25) is 0 Å². The fourth-order valence-electron chi connectivity index (χ4n) is 6.57. The summed E-state index contributed by atoms with van der Waals surface area (Å²) in [7, 11) is 4.10. The van der Waals surface area contributed by atoms with Crippen LogP contribution in [0.4, 0.5) is 0 Å². The Hall–Kier alpha value is -0.520. The minimum atomic E-state index is -0.965. The molecule has 2 aliphatic rings. The maximum Gasteiger partial charge on any atom is 0.314 e. The van der Waals surface area contributed by atoms with Gasteiger partial charge in [-0.1, -0.05) is 124 Å². The molecule has 2 aliphatic heterocycles. The van der Waals surface area contributed by atoms with Crippen molar-refractivity contribution in [3.8, 4) is 0 Å². The molecule has 2 saturated heterocycles. The normalized spacial score (nSPS) is 26.8. The molecule has 0 aromatic rings. The van der Waals surface area contributed by atoms with Crippen molar-refractivity contribution in [3.63, 3.8) is 0 Å². The van der Waals surface area contributed by atoms with Crippen molar-refractivity contribution in [2.24, 2.45) is 10.8 Å². The standard InChI is InChI=1S/C38H70O8S2/c1-35(2)43-29-37(5,33(39)40)31(45-35)25-21-17-13-9-7-11-15-19-23-27-47-48-28-24-20-16-12-8-10-14-18-22-26-32-38(6,34(41)42)30-44-36(3,4)46-32/h31-32H,7-30H2,1-6H3,(H,39,40)(H,41,42). The first-order valence-corrected chi connectivity index (χ1v) is 21.6. The lowest BCUT2D eigenvalue weighted by Gasteiger charge is -2.45. The van der Waals surface area contributed by atoms with E-state index < -0.39 is 34.3 Å². The first-order chi connectivity index (χ1) is 22.7. The highest BCUT2D eigenvalue weighted by atomic mass is 33.1. The smallest absolute Gasteiger partial charge is 0.314 e. The molecule has 2 fully saturated rings. The third-order valence-corrected chi connectivity index (χ3v) is 12.7. The van der Waals surface area contributed by atoms with E-state index >= 15 is 0 Å². The Kier molecular flexibility index (Phi) is 20.4. The van der Waals surface area contributed by atoms with Crippen LogP contribution in [0.3, 0.4) is 0 Å². The monoisotopic (exact) mass is 718 g/mol. The molecule has 8 nitrogen and oxygen atoms in total. The molecule has 2 N–H and O–H groups in total. The van der Waals surface area contributed by atoms with Crippen LogP contribution >= 0.6 is 21.6 Å². The van der Waals surface area contributed by atoms with Crippen molar-refractivity contribution in [1.82, 2.24) is 0 Å². The Morgan fingerprint density at radius 3 is 1.06 bits per heavy atom. The van der Waals surface area contributed by atoms with Gasteiger partial charge in [0.15, 0.2) is 11.6 Å². The second-order valence-corrected chi connectivity index (χ2v) is 18.3. The van der Waals surface area contributed by atoms with Crippen LogP contribution in [0, 0.1) is 10.8 Å². The van der Waals surface area contributed by atoms with Crippen molar-refractivity contribution in [2.45, 2.75) is 194 Å². The molecule has 2 rings (SSSR count). The molecule has 0 saturated carbocycles. The number of rotatable bonds is 27. The Bertz CT molecular complexity index is 843. The summed E-state index contributed by atoms with van der Waals surface area (Å²) in [6.45, 7) is 11.4. The van der Waals surface area contributed by atoms with E-state index in [9.17, 15) is 19.8 Å². The summed E-state index contributed by atoms with van der Waals surface area (Å²) in [6, 6.07) is 0. The fraction of sp³-hybridized carbons (Fsp3) is 0.947. The number of unbranched alkanes of at least 4 members (excludes halogenated alkanes) is 16. The highest BCUT2D eigenvalue weighted by Crippen LogP contribution is 2.39. The van der Waals surface area contributed by atoms with Crippen LogP contribution in [-0.2, 0) is 28.5 Å². The van der Waals surface area contributed by atoms with Crippen molar-refractivity contribution >= 4 is 33.5 Å². The lowest BCUT2D eigenvalue weighted by Crippen LogP contribution is -2.55. The highest BCUT2D eigenvalue weighted by molar-refractivity contribution is 8.76. The molecule has 0 aromatic carbocycles. The third kappa shape index (κ3) is 16.2. The Labute approximate surface area is 300 Å². The number of hydrogen-bond donors (Lipinski definition) is 2. The van der Waals surface area contributed by atoms with Gasteiger partial charge in [-0.2, -0.15) is 0 Å². The lowest BCUT2D eigenvalue weighted by atomic mass is 9.81. The van der Waals surface area contributed by atoms with Crippen LogP contribution in [0.2, 0.25) is 0 Å². The number of aliphatic carboxylic acids is 2. The van der Waals surface area contributed by atoms with Crippen LogP contribution in [0.25, 0.3) is 0 Å². The molecule has 0 bridgehead atoms. The summed E-state index contributed by atoms with van der Waals surface area (Å²) in [6.07, 6.45) is 23.4. The Morgan fingerprint density at radius 2 is 0.771 bits per heavy atom.